The normalized spacial score (nSPS) is 11.1. The molecule has 0 fully saturated rings. The number of nitrogens with zero attached hydrogens (tertiary/aromatic N) is 5. The molecule has 7 nitrogen and oxygen atoms in total. The molecule has 0 aromatic carbocycles. The molecular weight excluding hydrogens is 250 g/mol. The summed E-state index contributed by atoms with van der Waals surface area (Å²) in [4.78, 5) is 12.1. The van der Waals surface area contributed by atoms with E-state index in [1.54, 1.807) is 6.20 Å². The number of aromatic amines is 2. The van der Waals surface area contributed by atoms with E-state index in [1.807, 2.05) is 0 Å². The Kier molecular flexibility index (Phi) is 2.22. The van der Waals surface area contributed by atoms with Crippen LogP contribution in [-0.2, 0) is 0 Å². The van der Waals surface area contributed by atoms with E-state index in [0.717, 1.165) is 5.39 Å². The van der Waals surface area contributed by atoms with Gasteiger partial charge in [0.05, 0.1) is 11.6 Å². The Morgan fingerprint density at radius 3 is 2.94 bits per heavy atom. The largest absolute Gasteiger partial charge is 0.261 e. The van der Waals surface area contributed by atoms with Crippen LogP contribution < -0.4 is 0 Å². The fraction of sp³-hybridized carbons (Fsp3) is 0. The van der Waals surface area contributed by atoms with Crippen molar-refractivity contribution >= 4 is 34.4 Å². The molecule has 9 heteroatoms. The van der Waals surface area contributed by atoms with Crippen LogP contribution in [0.2, 0.25) is 5.28 Å². The molecule has 3 rings (SSSR count). The molecular formula is C7H4ClN7S. The molecule has 3 aromatic rings. The van der Waals surface area contributed by atoms with Crippen molar-refractivity contribution in [1.82, 2.24) is 35.3 Å². The summed E-state index contributed by atoms with van der Waals surface area (Å²) in [6.07, 6.45) is 3.07. The fourth-order valence-corrected chi connectivity index (χ4v) is 2.19. The van der Waals surface area contributed by atoms with Crippen LogP contribution in [-0.4, -0.2) is 35.3 Å². The van der Waals surface area contributed by atoms with Gasteiger partial charge < -0.3 is 0 Å². The van der Waals surface area contributed by atoms with Crippen LogP contribution in [0.25, 0.3) is 11.0 Å². The standard InChI is InChI=1S/C7H4ClN7S/c8-6-12-4-3(1-10-14-4)5(13-6)16-7-9-2-11-15-7/h1-2H,(H,9,11,15)(H,10,12,13,14). The number of fused-ring (bicyclic) bond motifs is 1. The predicted molar refractivity (Wildman–Crippen MR) is 57.2 cm³/mol. The van der Waals surface area contributed by atoms with Crippen LogP contribution in [0.5, 0.6) is 0 Å². The zero-order valence-corrected chi connectivity index (χ0v) is 9.25. The van der Waals surface area contributed by atoms with Gasteiger partial charge in [-0.05, 0) is 23.4 Å². The van der Waals surface area contributed by atoms with Crippen LogP contribution >= 0.6 is 23.4 Å². The van der Waals surface area contributed by atoms with Gasteiger partial charge in [0.25, 0.3) is 0 Å². The van der Waals surface area contributed by atoms with E-state index in [9.17, 15) is 0 Å². The lowest BCUT2D eigenvalue weighted by Gasteiger charge is -1.98. The van der Waals surface area contributed by atoms with E-state index in [1.165, 1.54) is 18.1 Å². The van der Waals surface area contributed by atoms with Crippen LogP contribution in [0.3, 0.4) is 0 Å². The van der Waals surface area contributed by atoms with Crippen molar-refractivity contribution in [2.45, 2.75) is 10.2 Å². The van der Waals surface area contributed by atoms with Gasteiger partial charge in [0, 0.05) is 0 Å². The smallest absolute Gasteiger partial charge is 0.225 e. The number of hydrogen-bond acceptors (Lipinski definition) is 6. The highest BCUT2D eigenvalue weighted by Gasteiger charge is 2.11. The Labute approximate surface area is 98.1 Å². The Hall–Kier alpha value is -1.67. The Morgan fingerprint density at radius 2 is 2.12 bits per heavy atom. The molecule has 0 aliphatic rings. The molecule has 80 valence electrons. The summed E-state index contributed by atoms with van der Waals surface area (Å²) in [7, 11) is 0. The van der Waals surface area contributed by atoms with Gasteiger partial charge in [-0.2, -0.15) is 15.2 Å². The molecule has 16 heavy (non-hydrogen) atoms. The molecule has 0 aliphatic heterocycles. The average molecular weight is 254 g/mol. The zero-order valence-electron chi connectivity index (χ0n) is 7.68. The molecule has 0 aliphatic carbocycles. The van der Waals surface area contributed by atoms with Crippen molar-refractivity contribution < 1.29 is 0 Å². The molecule has 3 heterocycles. The maximum Gasteiger partial charge on any atom is 0.225 e. The third-order valence-electron chi connectivity index (χ3n) is 1.83. The first-order chi connectivity index (χ1) is 7.83. The summed E-state index contributed by atoms with van der Waals surface area (Å²) in [5.74, 6) is 0. The monoisotopic (exact) mass is 253 g/mol. The van der Waals surface area contributed by atoms with Gasteiger partial charge in [-0.15, -0.1) is 0 Å². The van der Waals surface area contributed by atoms with E-state index in [0.29, 0.717) is 15.8 Å². The van der Waals surface area contributed by atoms with Crippen molar-refractivity contribution in [3.63, 3.8) is 0 Å². The molecule has 0 spiro atoms. The van der Waals surface area contributed by atoms with E-state index in [4.69, 9.17) is 11.6 Å². The number of halogens is 1. The highest BCUT2D eigenvalue weighted by molar-refractivity contribution is 7.99. The first-order valence-electron chi connectivity index (χ1n) is 4.23. The van der Waals surface area contributed by atoms with Crippen molar-refractivity contribution in [1.29, 1.82) is 0 Å². The molecule has 0 atom stereocenters. The SMILES string of the molecule is Clc1nc(Sc2ncn[nH]2)c2cn[nH]c2n1. The quantitative estimate of drug-likeness (QED) is 0.527. The Morgan fingerprint density at radius 1 is 1.19 bits per heavy atom. The molecule has 0 saturated heterocycles. The van der Waals surface area contributed by atoms with Gasteiger partial charge in [-0.3, -0.25) is 10.2 Å². The number of nitrogens with one attached hydrogen (secondary N) is 2. The van der Waals surface area contributed by atoms with Crippen molar-refractivity contribution in [3.8, 4) is 0 Å². The van der Waals surface area contributed by atoms with Crippen molar-refractivity contribution in [2.75, 3.05) is 0 Å². The molecule has 0 radical (unpaired) electrons. The summed E-state index contributed by atoms with van der Waals surface area (Å²) >= 11 is 7.11. The lowest BCUT2D eigenvalue weighted by molar-refractivity contribution is 0.967. The maximum atomic E-state index is 5.79. The molecule has 2 N–H and O–H groups in total. The third kappa shape index (κ3) is 1.61. The summed E-state index contributed by atoms with van der Waals surface area (Å²) in [6.45, 7) is 0. The summed E-state index contributed by atoms with van der Waals surface area (Å²) in [6, 6.07) is 0. The number of rotatable bonds is 2. The second-order valence-electron chi connectivity index (χ2n) is 2.82. The van der Waals surface area contributed by atoms with Crippen LogP contribution in [0.1, 0.15) is 0 Å². The summed E-state index contributed by atoms with van der Waals surface area (Å²) in [5, 5.41) is 15.4. The van der Waals surface area contributed by atoms with Gasteiger partial charge in [-0.1, -0.05) is 0 Å². The van der Waals surface area contributed by atoms with Gasteiger partial charge in [0.2, 0.25) is 5.28 Å². The van der Waals surface area contributed by atoms with Gasteiger partial charge in [0.15, 0.2) is 10.8 Å². The van der Waals surface area contributed by atoms with Crippen LogP contribution in [0, 0.1) is 0 Å². The summed E-state index contributed by atoms with van der Waals surface area (Å²) < 4.78 is 0. The molecule has 0 saturated carbocycles. The van der Waals surface area contributed by atoms with Crippen LogP contribution in [0.15, 0.2) is 22.7 Å². The van der Waals surface area contributed by atoms with Crippen LogP contribution in [0.4, 0.5) is 0 Å². The fourth-order valence-electron chi connectivity index (χ4n) is 1.20. The van der Waals surface area contributed by atoms with Gasteiger partial charge in [-0.25, -0.2) is 9.97 Å². The number of hydrogen-bond donors (Lipinski definition) is 2. The lowest BCUT2D eigenvalue weighted by Crippen LogP contribution is -1.88. The zero-order chi connectivity index (χ0) is 11.0. The van der Waals surface area contributed by atoms with Gasteiger partial charge in [0.1, 0.15) is 11.4 Å². The number of aromatic nitrogens is 7. The number of H-pyrrole nitrogens is 2. The minimum absolute atomic E-state index is 0.166. The first kappa shape index (κ1) is 9.55. The third-order valence-corrected chi connectivity index (χ3v) is 2.90. The Balaban J connectivity index is 2.11. The van der Waals surface area contributed by atoms with Gasteiger partial charge >= 0.3 is 0 Å². The van der Waals surface area contributed by atoms with E-state index >= 15 is 0 Å². The first-order valence-corrected chi connectivity index (χ1v) is 5.42. The highest BCUT2D eigenvalue weighted by Crippen LogP contribution is 2.28. The molecule has 0 bridgehead atoms. The predicted octanol–water partition coefficient (Wildman–Crippen LogP) is 1.28. The molecule has 0 unspecified atom stereocenters. The lowest BCUT2D eigenvalue weighted by atomic mass is 10.4. The maximum absolute atomic E-state index is 5.79. The average Bonchev–Trinajstić information content (AvgIpc) is 2.87. The van der Waals surface area contributed by atoms with E-state index in [-0.39, 0.29) is 5.28 Å². The second kappa shape index (κ2) is 3.72. The molecule has 0 amide bonds. The van der Waals surface area contributed by atoms with Crippen molar-refractivity contribution in [2.24, 2.45) is 0 Å². The van der Waals surface area contributed by atoms with Crippen molar-refractivity contribution in [3.05, 3.63) is 17.8 Å². The van der Waals surface area contributed by atoms with E-state index in [2.05, 4.69) is 35.3 Å². The molecule has 3 aromatic heterocycles. The van der Waals surface area contributed by atoms with E-state index < -0.39 is 0 Å². The summed E-state index contributed by atoms with van der Waals surface area (Å²) in [5.41, 5.74) is 0.599. The second-order valence-corrected chi connectivity index (χ2v) is 4.14. The Bertz CT molecular complexity index is 619. The highest BCUT2D eigenvalue weighted by atomic mass is 35.5. The minimum atomic E-state index is 0.166. The minimum Gasteiger partial charge on any atom is -0.261 e. The topological polar surface area (TPSA) is 96.0 Å².